The molecule has 6 heteroatoms. The molecule has 1 unspecified atom stereocenters. The lowest BCUT2D eigenvalue weighted by Gasteiger charge is -2.40. The summed E-state index contributed by atoms with van der Waals surface area (Å²) in [6, 6.07) is 8.16. The minimum atomic E-state index is -0.329. The van der Waals surface area contributed by atoms with Crippen molar-refractivity contribution in [2.75, 3.05) is 31.7 Å². The Labute approximate surface area is 158 Å². The summed E-state index contributed by atoms with van der Waals surface area (Å²) in [6.07, 6.45) is 3.87. The fraction of sp³-hybridized carbons (Fsp3) is 0.524. The molecule has 0 bridgehead atoms. The second kappa shape index (κ2) is 6.99. The molecule has 2 aromatic rings. The van der Waals surface area contributed by atoms with Gasteiger partial charge < -0.3 is 19.4 Å². The van der Waals surface area contributed by atoms with Gasteiger partial charge in [0.15, 0.2) is 0 Å². The third kappa shape index (κ3) is 3.22. The number of nitrogens with zero attached hydrogens (tertiary/aromatic N) is 2. The van der Waals surface area contributed by atoms with Crippen LogP contribution in [-0.4, -0.2) is 37.4 Å². The zero-order valence-corrected chi connectivity index (χ0v) is 15.9. The highest BCUT2D eigenvalue weighted by Gasteiger charge is 2.32. The molecular weight excluding hydrogens is 342 g/mol. The number of nitrogens with one attached hydrogen (secondary N) is 1. The minimum absolute atomic E-state index is 0.0952. The summed E-state index contributed by atoms with van der Waals surface area (Å²) in [5.74, 6) is 0. The van der Waals surface area contributed by atoms with Crippen molar-refractivity contribution in [2.24, 2.45) is 0 Å². The van der Waals surface area contributed by atoms with Gasteiger partial charge in [-0.25, -0.2) is 0 Å². The van der Waals surface area contributed by atoms with Crippen molar-refractivity contribution < 1.29 is 9.47 Å². The normalized spacial score (nSPS) is 22.1. The van der Waals surface area contributed by atoms with Crippen molar-refractivity contribution in [1.82, 2.24) is 4.98 Å². The van der Waals surface area contributed by atoms with Crippen LogP contribution in [-0.2, 0) is 9.47 Å². The van der Waals surface area contributed by atoms with Crippen LogP contribution in [0.4, 0.5) is 5.69 Å². The number of benzene rings is 1. The van der Waals surface area contributed by atoms with E-state index in [-0.39, 0.29) is 22.8 Å². The van der Waals surface area contributed by atoms with Crippen molar-refractivity contribution >= 4 is 16.6 Å². The lowest BCUT2D eigenvalue weighted by Crippen LogP contribution is -2.44. The number of methoxy groups -OCH3 is 1. The predicted molar refractivity (Wildman–Crippen MR) is 104 cm³/mol. The Morgan fingerprint density at radius 3 is 2.78 bits per heavy atom. The lowest BCUT2D eigenvalue weighted by molar-refractivity contribution is -0.0132. The van der Waals surface area contributed by atoms with Crippen LogP contribution in [0.3, 0.4) is 0 Å². The van der Waals surface area contributed by atoms with Crippen LogP contribution >= 0.6 is 0 Å². The quantitative estimate of drug-likeness (QED) is 0.901. The molecule has 1 aromatic carbocycles. The average molecular weight is 367 g/mol. The Morgan fingerprint density at radius 2 is 2.15 bits per heavy atom. The lowest BCUT2D eigenvalue weighted by atomic mass is 9.92. The predicted octanol–water partition coefficient (Wildman–Crippen LogP) is 3.26. The highest BCUT2D eigenvalue weighted by Crippen LogP contribution is 2.36. The molecule has 6 nitrogen and oxygen atoms in total. The number of fused-ring (bicyclic) bond motifs is 1. The molecule has 142 valence electrons. The highest BCUT2D eigenvalue weighted by atomic mass is 16.5. The Hall–Kier alpha value is -2.36. The third-order valence-corrected chi connectivity index (χ3v) is 6.05. The van der Waals surface area contributed by atoms with Crippen LogP contribution in [0.25, 0.3) is 10.9 Å². The fourth-order valence-electron chi connectivity index (χ4n) is 4.17. The molecule has 0 saturated carbocycles. The average Bonchev–Trinajstić information content (AvgIpc) is 3.22. The molecule has 2 aliphatic rings. The van der Waals surface area contributed by atoms with Gasteiger partial charge in [0.2, 0.25) is 0 Å². The largest absolute Gasteiger partial charge is 0.378 e. The number of rotatable bonds is 3. The first-order valence-electron chi connectivity index (χ1n) is 9.56. The van der Waals surface area contributed by atoms with Gasteiger partial charge in [0.25, 0.3) is 5.56 Å². The number of hydrogen-bond donors (Lipinski definition) is 1. The summed E-state index contributed by atoms with van der Waals surface area (Å²) in [5.41, 5.74) is 2.32. The van der Waals surface area contributed by atoms with Crippen LogP contribution in [0.2, 0.25) is 0 Å². The van der Waals surface area contributed by atoms with E-state index in [1.54, 1.807) is 7.11 Å². The molecule has 3 heterocycles. The molecule has 0 aliphatic carbocycles. The molecule has 2 fully saturated rings. The van der Waals surface area contributed by atoms with Gasteiger partial charge in [-0.1, -0.05) is 6.07 Å². The van der Waals surface area contributed by atoms with E-state index in [0.717, 1.165) is 67.5 Å². The zero-order valence-electron chi connectivity index (χ0n) is 15.9. The van der Waals surface area contributed by atoms with Gasteiger partial charge in [0, 0.05) is 32.2 Å². The Kier molecular flexibility index (Phi) is 4.67. The summed E-state index contributed by atoms with van der Waals surface area (Å²) < 4.78 is 11.5. The van der Waals surface area contributed by atoms with Crippen molar-refractivity contribution in [1.29, 1.82) is 5.26 Å². The van der Waals surface area contributed by atoms with Gasteiger partial charge in [0.1, 0.15) is 11.6 Å². The molecule has 0 radical (unpaired) electrons. The molecule has 2 saturated heterocycles. The van der Waals surface area contributed by atoms with Crippen molar-refractivity contribution in [2.45, 2.75) is 44.3 Å². The van der Waals surface area contributed by atoms with Crippen molar-refractivity contribution in [3.05, 3.63) is 39.7 Å². The minimum Gasteiger partial charge on any atom is -0.378 e. The maximum absolute atomic E-state index is 12.5. The maximum atomic E-state index is 12.5. The molecule has 1 N–H and O–H groups in total. The van der Waals surface area contributed by atoms with E-state index in [4.69, 9.17) is 9.47 Å². The molecule has 1 aromatic heterocycles. The first-order chi connectivity index (χ1) is 13.0. The van der Waals surface area contributed by atoms with E-state index < -0.39 is 0 Å². The molecule has 0 amide bonds. The monoisotopic (exact) mass is 367 g/mol. The molecule has 4 rings (SSSR count). The van der Waals surface area contributed by atoms with E-state index in [1.165, 1.54) is 0 Å². The number of aromatic nitrogens is 1. The third-order valence-electron chi connectivity index (χ3n) is 6.05. The molecule has 1 atom stereocenters. The van der Waals surface area contributed by atoms with Crippen LogP contribution in [0, 0.1) is 11.3 Å². The van der Waals surface area contributed by atoms with E-state index >= 15 is 0 Å². The number of hydrogen-bond acceptors (Lipinski definition) is 5. The number of aromatic amines is 1. The summed E-state index contributed by atoms with van der Waals surface area (Å²) in [7, 11) is 1.74. The first-order valence-corrected chi connectivity index (χ1v) is 9.56. The zero-order chi connectivity index (χ0) is 19.0. The number of anilines is 1. The van der Waals surface area contributed by atoms with E-state index in [1.807, 2.05) is 12.1 Å². The smallest absolute Gasteiger partial charge is 0.268 e. The topological polar surface area (TPSA) is 78.4 Å². The highest BCUT2D eigenvalue weighted by molar-refractivity contribution is 5.95. The summed E-state index contributed by atoms with van der Waals surface area (Å²) >= 11 is 0. The van der Waals surface area contributed by atoms with Gasteiger partial charge in [-0.05, 0) is 50.3 Å². The van der Waals surface area contributed by atoms with Crippen LogP contribution in [0.1, 0.15) is 49.8 Å². The van der Waals surface area contributed by atoms with Crippen LogP contribution in [0.15, 0.2) is 23.0 Å². The maximum Gasteiger partial charge on any atom is 0.268 e. The first kappa shape index (κ1) is 18.0. The van der Waals surface area contributed by atoms with E-state index in [2.05, 4.69) is 28.9 Å². The number of pyridine rings is 1. The summed E-state index contributed by atoms with van der Waals surface area (Å²) in [5, 5.41) is 10.6. The van der Waals surface area contributed by atoms with Crippen LogP contribution in [0.5, 0.6) is 0 Å². The summed E-state index contributed by atoms with van der Waals surface area (Å²) in [4.78, 5) is 17.5. The Morgan fingerprint density at radius 1 is 1.37 bits per heavy atom. The van der Waals surface area contributed by atoms with E-state index in [9.17, 15) is 10.1 Å². The summed E-state index contributed by atoms with van der Waals surface area (Å²) in [6.45, 7) is 4.40. The SMILES string of the molecule is COC1(C)CCN(c2c(C#N)c(=O)[nH]c3ccc(C4CCCO4)cc23)CC1. The molecule has 27 heavy (non-hydrogen) atoms. The molecule has 0 spiro atoms. The number of piperidine rings is 1. The van der Waals surface area contributed by atoms with Gasteiger partial charge >= 0.3 is 0 Å². The van der Waals surface area contributed by atoms with Gasteiger partial charge in [-0.2, -0.15) is 5.26 Å². The van der Waals surface area contributed by atoms with Gasteiger partial charge in [0.05, 0.1) is 22.9 Å². The van der Waals surface area contributed by atoms with Crippen LogP contribution < -0.4 is 10.5 Å². The number of ether oxygens (including phenoxy) is 2. The number of nitriles is 1. The van der Waals surface area contributed by atoms with Gasteiger partial charge in [-0.3, -0.25) is 4.79 Å². The van der Waals surface area contributed by atoms with Crippen molar-refractivity contribution in [3.8, 4) is 6.07 Å². The fourth-order valence-corrected chi connectivity index (χ4v) is 4.17. The molecular formula is C21H25N3O3. The second-order valence-electron chi connectivity index (χ2n) is 7.74. The van der Waals surface area contributed by atoms with Gasteiger partial charge in [-0.15, -0.1) is 0 Å². The second-order valence-corrected chi connectivity index (χ2v) is 7.74. The Balaban J connectivity index is 1.82. The standard InChI is InChI=1S/C21H25N3O3/c1-21(26-2)7-9-24(10-8-21)19-15-12-14(18-4-3-11-27-18)5-6-17(15)23-20(25)16(19)13-22/h5-6,12,18H,3-4,7-11H2,1-2H3,(H,23,25). The van der Waals surface area contributed by atoms with Crippen molar-refractivity contribution in [3.63, 3.8) is 0 Å². The van der Waals surface area contributed by atoms with E-state index in [0.29, 0.717) is 0 Å². The molecule has 2 aliphatic heterocycles. The Bertz CT molecular complexity index is 946. The number of H-pyrrole nitrogens is 1.